The maximum absolute atomic E-state index is 5.96. The van der Waals surface area contributed by atoms with Gasteiger partial charge >= 0.3 is 0 Å². The third-order valence-electron chi connectivity index (χ3n) is 4.91. The van der Waals surface area contributed by atoms with Gasteiger partial charge in [-0.2, -0.15) is 0 Å². The maximum Gasteiger partial charge on any atom is 0.208 e. The van der Waals surface area contributed by atoms with E-state index in [1.807, 2.05) is 30.5 Å². The normalized spacial score (nSPS) is 14.6. The van der Waals surface area contributed by atoms with Crippen LogP contribution in [0.2, 0.25) is 5.02 Å². The molecule has 1 saturated heterocycles. The average Bonchev–Trinajstić information content (AvgIpc) is 3.19. The van der Waals surface area contributed by atoms with Crippen molar-refractivity contribution in [3.63, 3.8) is 0 Å². The largest absolute Gasteiger partial charge is 0.353 e. The van der Waals surface area contributed by atoms with Crippen molar-refractivity contribution in [2.75, 3.05) is 50.1 Å². The van der Waals surface area contributed by atoms with Crippen LogP contribution >= 0.6 is 22.9 Å². The lowest BCUT2D eigenvalue weighted by Crippen LogP contribution is -2.46. The van der Waals surface area contributed by atoms with Gasteiger partial charge in [-0.3, -0.25) is 0 Å². The van der Waals surface area contributed by atoms with Gasteiger partial charge in [0, 0.05) is 50.4 Å². The fourth-order valence-corrected chi connectivity index (χ4v) is 4.46. The fraction of sp³-hybridized carbons (Fsp3) is 0.381. The summed E-state index contributed by atoms with van der Waals surface area (Å²) in [6.45, 7) is 4.64. The van der Waals surface area contributed by atoms with E-state index in [0.717, 1.165) is 60.1 Å². The molecule has 4 rings (SSSR count). The van der Waals surface area contributed by atoms with Gasteiger partial charge in [0.05, 0.1) is 0 Å². The summed E-state index contributed by atoms with van der Waals surface area (Å²) in [6, 6.07) is 12.2. The zero-order valence-electron chi connectivity index (χ0n) is 16.8. The van der Waals surface area contributed by atoms with Gasteiger partial charge < -0.3 is 14.7 Å². The summed E-state index contributed by atoms with van der Waals surface area (Å²) in [5.41, 5.74) is 2.44. The molecule has 8 heteroatoms. The van der Waals surface area contributed by atoms with Gasteiger partial charge in [0.1, 0.15) is 10.8 Å². The molecule has 1 aliphatic heterocycles. The van der Waals surface area contributed by atoms with Crippen molar-refractivity contribution in [3.8, 4) is 0 Å². The molecule has 152 valence electrons. The van der Waals surface area contributed by atoms with Gasteiger partial charge in [0.2, 0.25) is 5.13 Å². The molecule has 1 fully saturated rings. The highest BCUT2D eigenvalue weighted by atomic mass is 35.5. The van der Waals surface area contributed by atoms with Crippen molar-refractivity contribution >= 4 is 33.9 Å². The fourth-order valence-electron chi connectivity index (χ4n) is 3.41. The Morgan fingerprint density at radius 1 is 0.931 bits per heavy atom. The smallest absolute Gasteiger partial charge is 0.208 e. The van der Waals surface area contributed by atoms with Crippen LogP contribution in [0.4, 0.5) is 10.9 Å². The summed E-state index contributed by atoms with van der Waals surface area (Å²) < 4.78 is 0. The van der Waals surface area contributed by atoms with Crippen LogP contribution in [0, 0.1) is 0 Å². The summed E-state index contributed by atoms with van der Waals surface area (Å²) in [5.74, 6) is 1.05. The Morgan fingerprint density at radius 2 is 1.62 bits per heavy atom. The molecule has 29 heavy (non-hydrogen) atoms. The Hall–Kier alpha value is -2.22. The lowest BCUT2D eigenvalue weighted by atomic mass is 10.2. The van der Waals surface area contributed by atoms with Gasteiger partial charge in [-0.15, -0.1) is 10.2 Å². The number of rotatable bonds is 6. The summed E-state index contributed by atoms with van der Waals surface area (Å²) in [4.78, 5) is 11.5. The number of halogens is 1. The molecule has 0 spiro atoms. The highest BCUT2D eigenvalue weighted by Gasteiger charge is 2.21. The summed E-state index contributed by atoms with van der Waals surface area (Å²) in [6.07, 6.45) is 2.77. The van der Waals surface area contributed by atoms with E-state index >= 15 is 0 Å². The number of anilines is 2. The molecule has 0 N–H and O–H groups in total. The van der Waals surface area contributed by atoms with Gasteiger partial charge in [-0.05, 0) is 43.4 Å². The van der Waals surface area contributed by atoms with Crippen LogP contribution in [-0.2, 0) is 13.0 Å². The Balaban J connectivity index is 1.32. The van der Waals surface area contributed by atoms with Crippen molar-refractivity contribution in [3.05, 3.63) is 63.8 Å². The molecule has 0 unspecified atom stereocenters. The molecule has 0 aliphatic carbocycles. The van der Waals surface area contributed by atoms with Crippen molar-refractivity contribution < 1.29 is 0 Å². The summed E-state index contributed by atoms with van der Waals surface area (Å²) >= 11 is 7.64. The van der Waals surface area contributed by atoms with E-state index in [2.05, 4.69) is 56.1 Å². The third kappa shape index (κ3) is 5.23. The monoisotopic (exact) mass is 428 g/mol. The predicted molar refractivity (Wildman–Crippen MR) is 120 cm³/mol. The van der Waals surface area contributed by atoms with Gasteiger partial charge in [0.15, 0.2) is 0 Å². The average molecular weight is 429 g/mol. The zero-order chi connectivity index (χ0) is 20.2. The first-order valence-corrected chi connectivity index (χ1v) is 10.9. The van der Waals surface area contributed by atoms with Crippen LogP contribution in [0.15, 0.2) is 42.6 Å². The molecule has 0 bridgehead atoms. The number of hydrogen-bond donors (Lipinski definition) is 0. The van der Waals surface area contributed by atoms with Crippen LogP contribution in [0.1, 0.15) is 16.1 Å². The van der Waals surface area contributed by atoms with Crippen LogP contribution in [0.25, 0.3) is 0 Å². The Kier molecular flexibility index (Phi) is 6.28. The molecule has 2 aromatic heterocycles. The van der Waals surface area contributed by atoms with E-state index in [1.54, 1.807) is 11.3 Å². The second-order valence-electron chi connectivity index (χ2n) is 7.52. The Bertz CT molecular complexity index is 917. The molecule has 3 heterocycles. The number of pyridine rings is 1. The first-order valence-electron chi connectivity index (χ1n) is 9.73. The van der Waals surface area contributed by atoms with E-state index in [1.165, 1.54) is 11.1 Å². The molecule has 6 nitrogen and oxygen atoms in total. The topological polar surface area (TPSA) is 48.4 Å². The number of hydrogen-bond acceptors (Lipinski definition) is 7. The van der Waals surface area contributed by atoms with E-state index < -0.39 is 0 Å². The molecule has 1 aromatic carbocycles. The highest BCUT2D eigenvalue weighted by Crippen LogP contribution is 2.25. The van der Waals surface area contributed by atoms with Crippen LogP contribution < -0.4 is 9.80 Å². The molecule has 0 amide bonds. The molecule has 0 radical (unpaired) electrons. The summed E-state index contributed by atoms with van der Waals surface area (Å²) in [7, 11) is 4.14. The molecular formula is C21H25ClN6S. The van der Waals surface area contributed by atoms with Crippen LogP contribution in [0.5, 0.6) is 0 Å². The minimum atomic E-state index is 0.756. The van der Waals surface area contributed by atoms with Crippen molar-refractivity contribution in [2.24, 2.45) is 0 Å². The molecule has 1 aliphatic rings. The third-order valence-corrected chi connectivity index (χ3v) is 6.14. The molecule has 0 saturated carbocycles. The number of nitrogens with zero attached hydrogens (tertiary/aromatic N) is 6. The number of aromatic nitrogens is 3. The lowest BCUT2D eigenvalue weighted by molar-refractivity contribution is 0.402. The van der Waals surface area contributed by atoms with Crippen molar-refractivity contribution in [2.45, 2.75) is 13.0 Å². The van der Waals surface area contributed by atoms with Crippen LogP contribution in [-0.4, -0.2) is 60.4 Å². The zero-order valence-corrected chi connectivity index (χ0v) is 18.3. The SMILES string of the molecule is CN(C)Cc1ccc(N2CCN(c3nnc(Cc4ccc(Cl)cc4)s3)CC2)nc1. The Labute approximate surface area is 180 Å². The standard InChI is InChI=1S/C21H25ClN6S/c1-26(2)15-17-5-8-19(23-14-17)27-9-11-28(12-10-27)21-25-24-20(29-21)13-16-3-6-18(22)7-4-16/h3-8,14H,9-13,15H2,1-2H3. The quantitative estimate of drug-likeness (QED) is 0.598. The van der Waals surface area contributed by atoms with E-state index in [4.69, 9.17) is 11.6 Å². The number of benzene rings is 1. The second-order valence-corrected chi connectivity index (χ2v) is 9.00. The van der Waals surface area contributed by atoms with Gasteiger partial charge in [-0.25, -0.2) is 4.98 Å². The van der Waals surface area contributed by atoms with Crippen molar-refractivity contribution in [1.82, 2.24) is 20.1 Å². The Morgan fingerprint density at radius 3 is 2.28 bits per heavy atom. The first-order chi connectivity index (χ1) is 14.1. The van der Waals surface area contributed by atoms with E-state index in [-0.39, 0.29) is 0 Å². The lowest BCUT2D eigenvalue weighted by Gasteiger charge is -2.35. The molecular weight excluding hydrogens is 404 g/mol. The molecule has 0 atom stereocenters. The van der Waals surface area contributed by atoms with Crippen LogP contribution in [0.3, 0.4) is 0 Å². The minimum Gasteiger partial charge on any atom is -0.353 e. The second kappa shape index (κ2) is 9.07. The minimum absolute atomic E-state index is 0.756. The molecule has 3 aromatic rings. The first kappa shape index (κ1) is 20.1. The van der Waals surface area contributed by atoms with Gasteiger partial charge in [-0.1, -0.05) is 41.1 Å². The number of piperazine rings is 1. The van der Waals surface area contributed by atoms with Crippen molar-refractivity contribution in [1.29, 1.82) is 0 Å². The van der Waals surface area contributed by atoms with E-state index in [0.29, 0.717) is 0 Å². The van der Waals surface area contributed by atoms with E-state index in [9.17, 15) is 0 Å². The summed E-state index contributed by atoms with van der Waals surface area (Å²) in [5, 5.41) is 11.6. The maximum atomic E-state index is 5.96. The highest BCUT2D eigenvalue weighted by molar-refractivity contribution is 7.15. The predicted octanol–water partition coefficient (Wildman–Crippen LogP) is 3.57. The van der Waals surface area contributed by atoms with Gasteiger partial charge in [0.25, 0.3) is 0 Å².